The Hall–Kier alpha value is -5.48. The third-order valence-electron chi connectivity index (χ3n) is 9.15. The number of anilines is 1. The van der Waals surface area contributed by atoms with Crippen molar-refractivity contribution in [2.24, 2.45) is 0 Å². The maximum atomic E-state index is 14.0. The molecule has 1 amide bonds. The average molecular weight is 747 g/mol. The number of carbonyl (C=O) groups is 1. The first-order chi connectivity index (χ1) is 24.7. The number of hydrogen-bond acceptors (Lipinski definition) is 10. The van der Waals surface area contributed by atoms with E-state index in [9.17, 15) is 26.0 Å². The molecule has 3 heterocycles. The molecule has 13 nitrogen and oxygen atoms in total. The van der Waals surface area contributed by atoms with Crippen LogP contribution in [0.15, 0.2) is 89.9 Å². The summed E-state index contributed by atoms with van der Waals surface area (Å²) in [6.07, 6.45) is 8.64. The van der Waals surface area contributed by atoms with Crippen LogP contribution in [-0.2, 0) is 25.6 Å². The summed E-state index contributed by atoms with van der Waals surface area (Å²) in [7, 11) is -6.17. The second-order valence-electron chi connectivity index (χ2n) is 12.6. The Morgan fingerprint density at radius 2 is 1.75 bits per heavy atom. The fourth-order valence-corrected chi connectivity index (χ4v) is 8.36. The van der Waals surface area contributed by atoms with Gasteiger partial charge in [-0.3, -0.25) is 13.4 Å². The first-order valence-corrected chi connectivity index (χ1v) is 20.0. The van der Waals surface area contributed by atoms with Gasteiger partial charge in [0, 0.05) is 59.5 Å². The smallest absolute Gasteiger partial charge is 0.255 e. The molecule has 1 unspecified atom stereocenters. The van der Waals surface area contributed by atoms with Gasteiger partial charge in [0.15, 0.2) is 5.82 Å². The third kappa shape index (κ3) is 6.32. The van der Waals surface area contributed by atoms with Gasteiger partial charge in [-0.1, -0.05) is 6.07 Å². The van der Waals surface area contributed by atoms with E-state index in [4.69, 9.17) is 9.15 Å². The second kappa shape index (κ2) is 12.9. The summed E-state index contributed by atoms with van der Waals surface area (Å²) in [6, 6.07) is 15.5. The number of nitrogens with zero attached hydrogens (tertiary/aromatic N) is 4. The van der Waals surface area contributed by atoms with Crippen LogP contribution < -0.4 is 19.7 Å². The standard InChI is InChI=1S/C36H35FN6O7S2/c1-5-42(51(3,45)46)28-21-30-26(31(33-38-17-18-43(33)52(4,47)48)32(50-30)22-7-10-24(37)11-8-22)20-25(28)23-9-12-29(49-2)27(19-23)34(44)41-36(13-14-36)35-39-15-6-16-40-35/h6-12,15-21,33,38H,5,13-14H2,1-4H3,(H,41,44). The third-order valence-corrected chi connectivity index (χ3v) is 11.5. The summed E-state index contributed by atoms with van der Waals surface area (Å²) >= 11 is 0. The first kappa shape index (κ1) is 34.9. The van der Waals surface area contributed by atoms with Gasteiger partial charge in [0.05, 0.1) is 30.9 Å². The number of amides is 1. The summed E-state index contributed by atoms with van der Waals surface area (Å²) in [6.45, 7) is 1.76. The summed E-state index contributed by atoms with van der Waals surface area (Å²) in [5.41, 5.74) is 1.74. The summed E-state index contributed by atoms with van der Waals surface area (Å²) in [4.78, 5) is 22.7. The van der Waals surface area contributed by atoms with Gasteiger partial charge >= 0.3 is 0 Å². The lowest BCUT2D eigenvalue weighted by molar-refractivity contribution is 0.0925. The number of furan rings is 1. The quantitative estimate of drug-likeness (QED) is 0.183. The minimum atomic E-state index is -3.83. The van der Waals surface area contributed by atoms with E-state index < -0.39 is 43.5 Å². The zero-order chi connectivity index (χ0) is 37.0. The fraction of sp³-hybridized carbons (Fsp3) is 0.250. The van der Waals surface area contributed by atoms with Crippen LogP contribution >= 0.6 is 0 Å². The van der Waals surface area contributed by atoms with Crippen molar-refractivity contribution in [3.8, 4) is 28.2 Å². The Balaban J connectivity index is 1.45. The van der Waals surface area contributed by atoms with Crippen molar-refractivity contribution in [1.29, 1.82) is 0 Å². The Labute approximate surface area is 300 Å². The molecular weight excluding hydrogens is 712 g/mol. The lowest BCUT2D eigenvalue weighted by Gasteiger charge is -2.25. The maximum Gasteiger partial charge on any atom is 0.255 e. The van der Waals surface area contributed by atoms with Gasteiger partial charge in [-0.05, 0) is 73.9 Å². The van der Waals surface area contributed by atoms with Gasteiger partial charge in [0.2, 0.25) is 20.0 Å². The molecule has 270 valence electrons. The van der Waals surface area contributed by atoms with Crippen LogP contribution in [0, 0.1) is 5.82 Å². The molecule has 16 heteroatoms. The van der Waals surface area contributed by atoms with E-state index in [1.54, 1.807) is 55.7 Å². The fourth-order valence-electron chi connectivity index (χ4n) is 6.55. The van der Waals surface area contributed by atoms with Crippen LogP contribution in [0.4, 0.5) is 10.1 Å². The summed E-state index contributed by atoms with van der Waals surface area (Å²) in [5.74, 6) is 0.133. The molecule has 0 saturated heterocycles. The number of carbonyl (C=O) groups excluding carboxylic acids is 1. The normalized spacial score (nSPS) is 16.5. The molecule has 2 N–H and O–H groups in total. The number of methoxy groups -OCH3 is 1. The summed E-state index contributed by atoms with van der Waals surface area (Å²) in [5, 5.41) is 6.62. The molecule has 2 aromatic heterocycles. The number of fused-ring (bicyclic) bond motifs is 1. The Bertz CT molecular complexity index is 2450. The van der Waals surface area contributed by atoms with E-state index in [2.05, 4.69) is 20.6 Å². The molecule has 1 aliphatic heterocycles. The molecule has 1 saturated carbocycles. The molecular formula is C36H35FN6O7S2. The van der Waals surface area contributed by atoms with Crippen molar-refractivity contribution in [2.75, 3.05) is 30.5 Å². The topological polar surface area (TPSA) is 164 Å². The second-order valence-corrected chi connectivity index (χ2v) is 16.4. The van der Waals surface area contributed by atoms with Gasteiger partial charge in [0.25, 0.3) is 5.91 Å². The van der Waals surface area contributed by atoms with Gasteiger partial charge in [-0.25, -0.2) is 31.2 Å². The highest BCUT2D eigenvalue weighted by atomic mass is 32.2. The van der Waals surface area contributed by atoms with Crippen LogP contribution in [0.5, 0.6) is 5.75 Å². The highest BCUT2D eigenvalue weighted by Gasteiger charge is 2.48. The van der Waals surface area contributed by atoms with Crippen molar-refractivity contribution in [3.63, 3.8) is 0 Å². The minimum absolute atomic E-state index is 0.0643. The number of halogens is 1. The van der Waals surface area contributed by atoms with Crippen molar-refractivity contribution in [3.05, 3.63) is 108 Å². The monoisotopic (exact) mass is 746 g/mol. The Morgan fingerprint density at radius 1 is 1.06 bits per heavy atom. The van der Waals surface area contributed by atoms with E-state index in [1.807, 2.05) is 0 Å². The van der Waals surface area contributed by atoms with Gasteiger partial charge in [0.1, 0.15) is 34.6 Å². The Kier molecular flexibility index (Phi) is 8.69. The number of nitrogens with one attached hydrogen (secondary N) is 2. The molecule has 5 aromatic rings. The van der Waals surface area contributed by atoms with E-state index >= 15 is 0 Å². The zero-order valence-electron chi connectivity index (χ0n) is 28.6. The van der Waals surface area contributed by atoms with E-state index in [0.717, 1.165) is 16.8 Å². The molecule has 7 rings (SSSR count). The number of hydrogen-bond donors (Lipinski definition) is 2. The molecule has 52 heavy (non-hydrogen) atoms. The van der Waals surface area contributed by atoms with Crippen LogP contribution in [0.3, 0.4) is 0 Å². The number of ether oxygens (including phenoxy) is 1. The molecule has 2 aliphatic rings. The molecule has 1 atom stereocenters. The SMILES string of the molecule is CCN(c1cc2oc(-c3ccc(F)cc3)c(C3NC=CN3S(C)(=O)=O)c2cc1-c1ccc(OC)c(C(=O)NC2(c3ncccn3)CC2)c1)S(C)(=O)=O. The van der Waals surface area contributed by atoms with Crippen molar-refractivity contribution in [2.45, 2.75) is 31.5 Å². The lowest BCUT2D eigenvalue weighted by atomic mass is 9.96. The van der Waals surface area contributed by atoms with Crippen LogP contribution in [0.1, 0.15) is 47.7 Å². The molecule has 1 aliphatic carbocycles. The van der Waals surface area contributed by atoms with Gasteiger partial charge in [-0.2, -0.15) is 0 Å². The predicted molar refractivity (Wildman–Crippen MR) is 194 cm³/mol. The predicted octanol–water partition coefficient (Wildman–Crippen LogP) is 5.24. The zero-order valence-corrected chi connectivity index (χ0v) is 30.3. The number of aromatic nitrogens is 2. The molecule has 0 radical (unpaired) electrons. The summed E-state index contributed by atoms with van der Waals surface area (Å²) < 4.78 is 80.7. The van der Waals surface area contributed by atoms with Crippen LogP contribution in [0.25, 0.3) is 33.4 Å². The highest BCUT2D eigenvalue weighted by Crippen LogP contribution is 2.47. The Morgan fingerprint density at radius 3 is 2.37 bits per heavy atom. The largest absolute Gasteiger partial charge is 0.496 e. The van der Waals surface area contributed by atoms with Crippen molar-refractivity contribution >= 4 is 42.6 Å². The van der Waals surface area contributed by atoms with Crippen LogP contribution in [-0.4, -0.2) is 63.2 Å². The van der Waals surface area contributed by atoms with Crippen molar-refractivity contribution in [1.82, 2.24) is 24.9 Å². The average Bonchev–Trinajstić information content (AvgIpc) is 3.54. The highest BCUT2D eigenvalue weighted by molar-refractivity contribution is 7.92. The van der Waals surface area contributed by atoms with Gasteiger partial charge in [-0.15, -0.1) is 0 Å². The van der Waals surface area contributed by atoms with Gasteiger partial charge < -0.3 is 19.8 Å². The molecule has 0 bridgehead atoms. The maximum absolute atomic E-state index is 14.0. The minimum Gasteiger partial charge on any atom is -0.496 e. The lowest BCUT2D eigenvalue weighted by Crippen LogP contribution is -2.36. The molecule has 0 spiro atoms. The number of rotatable bonds is 11. The molecule has 1 fully saturated rings. The number of benzene rings is 3. The van der Waals surface area contributed by atoms with Crippen molar-refractivity contribution < 1.29 is 35.2 Å². The molecule has 3 aromatic carbocycles. The number of sulfonamides is 2. The van der Waals surface area contributed by atoms with E-state index in [1.165, 1.54) is 48.1 Å². The van der Waals surface area contributed by atoms with E-state index in [-0.39, 0.29) is 34.9 Å². The van der Waals surface area contributed by atoms with Crippen LogP contribution in [0.2, 0.25) is 0 Å². The van der Waals surface area contributed by atoms with E-state index in [0.29, 0.717) is 46.3 Å². The first-order valence-electron chi connectivity index (χ1n) is 16.3.